The van der Waals surface area contributed by atoms with Gasteiger partial charge in [0, 0.05) is 31.1 Å². The molecule has 0 fully saturated rings. The van der Waals surface area contributed by atoms with E-state index in [1.54, 1.807) is 37.4 Å². The molecule has 13 heteroatoms. The molecule has 1 atom stereocenters. The number of aromatic nitrogens is 3. The van der Waals surface area contributed by atoms with E-state index < -0.39 is 23.7 Å². The van der Waals surface area contributed by atoms with Gasteiger partial charge < -0.3 is 25.2 Å². The Kier molecular flexibility index (Phi) is 6.98. The van der Waals surface area contributed by atoms with Crippen LogP contribution in [0.1, 0.15) is 38.2 Å². The summed E-state index contributed by atoms with van der Waals surface area (Å²) >= 11 is 1.17. The van der Waals surface area contributed by atoms with Gasteiger partial charge in [0.25, 0.3) is 0 Å². The first-order valence-corrected chi connectivity index (χ1v) is 12.5. The number of carboxylic acids is 1. The molecule has 0 saturated heterocycles. The minimum atomic E-state index is -1.12. The number of hydrogen-bond donors (Lipinski definition) is 2. The molecule has 2 amide bonds. The van der Waals surface area contributed by atoms with E-state index in [0.717, 1.165) is 4.68 Å². The van der Waals surface area contributed by atoms with Gasteiger partial charge in [0.1, 0.15) is 41.5 Å². The van der Waals surface area contributed by atoms with E-state index in [0.29, 0.717) is 39.0 Å². The molecule has 4 aromatic rings. The summed E-state index contributed by atoms with van der Waals surface area (Å²) in [7, 11) is 1.59. The highest BCUT2D eigenvalue weighted by molar-refractivity contribution is 7.09. The van der Waals surface area contributed by atoms with Crippen molar-refractivity contribution in [2.45, 2.75) is 18.9 Å². The Morgan fingerprint density at radius 2 is 2.10 bits per heavy atom. The van der Waals surface area contributed by atoms with Gasteiger partial charge in [-0.2, -0.15) is 9.78 Å². The van der Waals surface area contributed by atoms with Gasteiger partial charge in [0.05, 0.1) is 11.4 Å². The second-order valence-electron chi connectivity index (χ2n) is 8.74. The largest absolute Gasteiger partial charge is 0.490 e. The summed E-state index contributed by atoms with van der Waals surface area (Å²) in [4.78, 5) is 42.0. The van der Waals surface area contributed by atoms with Crippen LogP contribution in [0, 0.1) is 5.82 Å². The molecule has 39 heavy (non-hydrogen) atoms. The molecule has 1 aliphatic heterocycles. The van der Waals surface area contributed by atoms with E-state index in [1.807, 2.05) is 0 Å². The Hall–Kier alpha value is -4.78. The number of halogens is 1. The third-order valence-electron chi connectivity index (χ3n) is 6.12. The number of primary amides is 1. The minimum Gasteiger partial charge on any atom is -0.490 e. The van der Waals surface area contributed by atoms with Gasteiger partial charge in [-0.25, -0.2) is 19.0 Å². The molecule has 0 aliphatic carbocycles. The number of fused-ring (bicyclic) bond motifs is 1. The van der Waals surface area contributed by atoms with E-state index in [2.05, 4.69) is 10.1 Å². The van der Waals surface area contributed by atoms with Crippen LogP contribution in [0.15, 0.2) is 54.0 Å². The molecule has 11 nitrogen and oxygen atoms in total. The average molecular weight is 552 g/mol. The average Bonchev–Trinajstić information content (AvgIpc) is 3.53. The van der Waals surface area contributed by atoms with Crippen molar-refractivity contribution in [3.05, 3.63) is 87.4 Å². The number of hydrogen-bond acceptors (Lipinski definition) is 8. The van der Waals surface area contributed by atoms with Crippen molar-refractivity contribution in [1.29, 1.82) is 0 Å². The number of nitrogens with two attached hydrogens (primary N) is 1. The van der Waals surface area contributed by atoms with Crippen LogP contribution in [0.3, 0.4) is 0 Å². The van der Waals surface area contributed by atoms with Gasteiger partial charge in [-0.1, -0.05) is 12.1 Å². The quantitative estimate of drug-likeness (QED) is 0.355. The van der Waals surface area contributed by atoms with Gasteiger partial charge in [-0.15, -0.1) is 11.3 Å². The number of nitrogens with zero attached hydrogens (tertiary/aromatic N) is 4. The Balaban J connectivity index is 1.39. The lowest BCUT2D eigenvalue weighted by Crippen LogP contribution is -2.33. The molecule has 0 bridgehead atoms. The van der Waals surface area contributed by atoms with Crippen molar-refractivity contribution < 1.29 is 33.4 Å². The monoisotopic (exact) mass is 551 g/mol. The molecular weight excluding hydrogens is 529 g/mol. The second kappa shape index (κ2) is 10.5. The molecule has 3 heterocycles. The maximum Gasteiger partial charge on any atom is 0.355 e. The Bertz CT molecular complexity index is 1580. The van der Waals surface area contributed by atoms with Gasteiger partial charge in [0.2, 0.25) is 5.91 Å². The Morgan fingerprint density at radius 3 is 2.82 bits per heavy atom. The van der Waals surface area contributed by atoms with Gasteiger partial charge in [0.15, 0.2) is 5.69 Å². The number of anilines is 1. The highest BCUT2D eigenvalue weighted by atomic mass is 32.1. The molecule has 0 spiro atoms. The summed E-state index contributed by atoms with van der Waals surface area (Å²) in [5.41, 5.74) is 7.31. The van der Waals surface area contributed by atoms with Crippen molar-refractivity contribution in [2.24, 2.45) is 5.73 Å². The van der Waals surface area contributed by atoms with Crippen LogP contribution in [0.5, 0.6) is 11.5 Å². The molecule has 0 radical (unpaired) electrons. The van der Waals surface area contributed by atoms with Crippen LogP contribution in [0.25, 0.3) is 0 Å². The van der Waals surface area contributed by atoms with Gasteiger partial charge in [-0.3, -0.25) is 4.79 Å². The summed E-state index contributed by atoms with van der Waals surface area (Å²) in [5, 5.41) is 15.2. The fourth-order valence-electron chi connectivity index (χ4n) is 4.22. The summed E-state index contributed by atoms with van der Waals surface area (Å²) < 4.78 is 26.5. The standard InChI is InChI=1S/C26H22FN5O6S/c1-31-20-9-17(37-12-22-29-19(13-39-22)25(34)35)5-6-21(20)38-11-18(24(31)33)23-15(10-32(30-23)26(28)36)7-14-3-2-4-16(27)8-14/h2-6,8-10,13,18H,7,11-12H2,1H3,(H2,28,36)(H,34,35)/t18-/m1/s1. The zero-order valence-corrected chi connectivity index (χ0v) is 21.4. The fourth-order valence-corrected chi connectivity index (χ4v) is 4.90. The molecule has 3 N–H and O–H groups in total. The number of rotatable bonds is 7. The van der Waals surface area contributed by atoms with Crippen LogP contribution in [0.4, 0.5) is 14.9 Å². The summed E-state index contributed by atoms with van der Waals surface area (Å²) in [6, 6.07) is 10.2. The summed E-state index contributed by atoms with van der Waals surface area (Å²) in [6.07, 6.45) is 1.66. The number of carboxylic acid groups (broad SMARTS) is 1. The third-order valence-corrected chi connectivity index (χ3v) is 6.94. The SMILES string of the molecule is CN1C(=O)[C@@H](c2nn(C(N)=O)cc2Cc2cccc(F)c2)COc2ccc(OCc3nc(C(=O)O)cs3)cc21. The number of benzene rings is 2. The maximum absolute atomic E-state index is 13.8. The van der Waals surface area contributed by atoms with E-state index in [9.17, 15) is 18.8 Å². The predicted molar refractivity (Wildman–Crippen MR) is 138 cm³/mol. The molecule has 2 aromatic carbocycles. The highest BCUT2D eigenvalue weighted by Gasteiger charge is 2.34. The number of carbonyl (C=O) groups is 3. The first-order valence-electron chi connectivity index (χ1n) is 11.7. The van der Waals surface area contributed by atoms with Crippen LogP contribution < -0.4 is 20.1 Å². The molecular formula is C26H22FN5O6S. The highest BCUT2D eigenvalue weighted by Crippen LogP contribution is 2.38. The number of ether oxygens (including phenoxy) is 2. The lowest BCUT2D eigenvalue weighted by atomic mass is 9.97. The number of amides is 2. The molecule has 5 rings (SSSR count). The zero-order valence-electron chi connectivity index (χ0n) is 20.5. The molecule has 0 unspecified atom stereocenters. The summed E-state index contributed by atoms with van der Waals surface area (Å²) in [5.74, 6) is -1.88. The molecule has 0 saturated carbocycles. The van der Waals surface area contributed by atoms with Crippen molar-refractivity contribution in [1.82, 2.24) is 14.8 Å². The number of likely N-dealkylation sites (N-methyl/N-ethyl adjacent to an activating group) is 1. The predicted octanol–water partition coefficient (Wildman–Crippen LogP) is 3.41. The number of thiazole rings is 1. The summed E-state index contributed by atoms with van der Waals surface area (Å²) in [6.45, 7) is -0.00868. The third kappa shape index (κ3) is 5.43. The molecule has 2 aromatic heterocycles. The van der Waals surface area contributed by atoms with Crippen LogP contribution >= 0.6 is 11.3 Å². The van der Waals surface area contributed by atoms with Gasteiger partial charge >= 0.3 is 12.0 Å². The Morgan fingerprint density at radius 1 is 1.28 bits per heavy atom. The Labute approximate surface area is 225 Å². The fraction of sp³-hybridized carbons (Fsp3) is 0.192. The second-order valence-corrected chi connectivity index (χ2v) is 9.68. The normalized spacial score (nSPS) is 14.9. The smallest absolute Gasteiger partial charge is 0.355 e. The topological polar surface area (TPSA) is 150 Å². The zero-order chi connectivity index (χ0) is 27.7. The molecule has 200 valence electrons. The lowest BCUT2D eigenvalue weighted by molar-refractivity contribution is -0.120. The maximum atomic E-state index is 13.8. The molecule has 1 aliphatic rings. The van der Waals surface area contributed by atoms with Crippen LogP contribution in [-0.2, 0) is 17.8 Å². The van der Waals surface area contributed by atoms with E-state index in [-0.39, 0.29) is 31.2 Å². The minimum absolute atomic E-state index is 0.0475. The van der Waals surface area contributed by atoms with Gasteiger partial charge in [-0.05, 0) is 35.4 Å². The van der Waals surface area contributed by atoms with Crippen molar-refractivity contribution in [3.63, 3.8) is 0 Å². The number of aromatic carboxylic acids is 1. The van der Waals surface area contributed by atoms with Crippen LogP contribution in [-0.4, -0.2) is 51.4 Å². The first-order chi connectivity index (χ1) is 18.7. The van der Waals surface area contributed by atoms with E-state index in [1.165, 1.54) is 39.9 Å². The lowest BCUT2D eigenvalue weighted by Gasteiger charge is -2.20. The van der Waals surface area contributed by atoms with E-state index in [4.69, 9.17) is 20.3 Å². The van der Waals surface area contributed by atoms with Crippen molar-refractivity contribution in [2.75, 3.05) is 18.6 Å². The van der Waals surface area contributed by atoms with Crippen molar-refractivity contribution in [3.8, 4) is 11.5 Å². The van der Waals surface area contributed by atoms with Crippen LogP contribution in [0.2, 0.25) is 0 Å². The first kappa shape index (κ1) is 25.9. The van der Waals surface area contributed by atoms with Crippen molar-refractivity contribution >= 4 is 34.9 Å². The van der Waals surface area contributed by atoms with E-state index >= 15 is 0 Å². The number of carbonyl (C=O) groups excluding carboxylic acids is 2.